The topological polar surface area (TPSA) is 73.0 Å². The zero-order valence-corrected chi connectivity index (χ0v) is 11.2. The number of nitro benzene ring substituents is 1. The van der Waals surface area contributed by atoms with Crippen molar-refractivity contribution in [3.63, 3.8) is 0 Å². The van der Waals surface area contributed by atoms with E-state index in [1.807, 2.05) is 27.1 Å². The highest BCUT2D eigenvalue weighted by molar-refractivity contribution is 5.71. The second-order valence-corrected chi connectivity index (χ2v) is 4.42. The quantitative estimate of drug-likeness (QED) is 0.677. The first-order valence-corrected chi connectivity index (χ1v) is 6.06. The highest BCUT2D eigenvalue weighted by Crippen LogP contribution is 2.29. The van der Waals surface area contributed by atoms with E-state index in [0.29, 0.717) is 5.69 Å². The van der Waals surface area contributed by atoms with Crippen molar-refractivity contribution in [1.29, 1.82) is 0 Å². The normalized spacial score (nSPS) is 10.5. The Morgan fingerprint density at radius 2 is 2.16 bits per heavy atom. The minimum Gasteiger partial charge on any atom is -0.347 e. The third-order valence-electron chi connectivity index (χ3n) is 2.86. The van der Waals surface area contributed by atoms with E-state index >= 15 is 0 Å². The molecule has 0 aliphatic carbocycles. The number of nitro groups is 1. The summed E-state index contributed by atoms with van der Waals surface area (Å²) in [4.78, 5) is 10.6. The second-order valence-electron chi connectivity index (χ2n) is 4.42. The Morgan fingerprint density at radius 1 is 1.42 bits per heavy atom. The molecule has 0 aliphatic heterocycles. The van der Waals surface area contributed by atoms with Gasteiger partial charge in [-0.1, -0.05) is 13.0 Å². The van der Waals surface area contributed by atoms with Crippen molar-refractivity contribution in [2.45, 2.75) is 20.3 Å². The third-order valence-corrected chi connectivity index (χ3v) is 2.86. The van der Waals surface area contributed by atoms with E-state index < -0.39 is 0 Å². The lowest BCUT2D eigenvalue weighted by Crippen LogP contribution is -1.98. The van der Waals surface area contributed by atoms with Crippen molar-refractivity contribution in [3.8, 4) is 0 Å². The fraction of sp³-hybridized carbons (Fsp3) is 0.308. The second kappa shape index (κ2) is 5.09. The van der Waals surface area contributed by atoms with Crippen LogP contribution < -0.4 is 5.32 Å². The summed E-state index contributed by atoms with van der Waals surface area (Å²) in [6, 6.07) is 5.01. The van der Waals surface area contributed by atoms with Gasteiger partial charge in [-0.05, 0) is 25.0 Å². The molecule has 0 spiro atoms. The van der Waals surface area contributed by atoms with Crippen LogP contribution in [0.25, 0.3) is 0 Å². The first kappa shape index (κ1) is 13.1. The van der Waals surface area contributed by atoms with Crippen LogP contribution in [-0.2, 0) is 13.5 Å². The van der Waals surface area contributed by atoms with Crippen molar-refractivity contribution in [1.82, 2.24) is 9.78 Å². The summed E-state index contributed by atoms with van der Waals surface area (Å²) in [5, 5.41) is 18.4. The number of rotatable bonds is 4. The molecule has 0 atom stereocenters. The molecule has 0 radical (unpaired) electrons. The van der Waals surface area contributed by atoms with Crippen LogP contribution in [0.1, 0.15) is 18.2 Å². The number of nitrogens with zero attached hydrogens (tertiary/aromatic N) is 3. The molecule has 0 saturated heterocycles. The van der Waals surface area contributed by atoms with Crippen LogP contribution >= 0.6 is 0 Å². The maximum Gasteiger partial charge on any atom is 0.292 e. The SMILES string of the molecule is CCc1nn(C)cc1Nc1cc(C)ccc1[N+](=O)[O-]. The molecule has 0 bridgehead atoms. The molecule has 2 rings (SSSR count). The highest BCUT2D eigenvalue weighted by atomic mass is 16.6. The average molecular weight is 260 g/mol. The Kier molecular flexibility index (Phi) is 3.50. The molecule has 1 heterocycles. The van der Waals surface area contributed by atoms with Gasteiger partial charge in [0.15, 0.2) is 0 Å². The van der Waals surface area contributed by atoms with Crippen LogP contribution in [0.4, 0.5) is 17.1 Å². The van der Waals surface area contributed by atoms with Gasteiger partial charge in [0.1, 0.15) is 5.69 Å². The predicted molar refractivity (Wildman–Crippen MR) is 73.7 cm³/mol. The van der Waals surface area contributed by atoms with Gasteiger partial charge in [-0.2, -0.15) is 5.10 Å². The van der Waals surface area contributed by atoms with Crippen molar-refractivity contribution in [3.05, 3.63) is 45.8 Å². The maximum atomic E-state index is 11.0. The van der Waals surface area contributed by atoms with Crippen LogP contribution in [0.15, 0.2) is 24.4 Å². The molecule has 1 N–H and O–H groups in total. The van der Waals surface area contributed by atoms with Crippen molar-refractivity contribution in [2.75, 3.05) is 5.32 Å². The Balaban J connectivity index is 2.42. The summed E-state index contributed by atoms with van der Waals surface area (Å²) in [7, 11) is 1.83. The first-order valence-electron chi connectivity index (χ1n) is 6.06. The fourth-order valence-corrected chi connectivity index (χ4v) is 1.95. The summed E-state index contributed by atoms with van der Waals surface area (Å²) < 4.78 is 1.70. The average Bonchev–Trinajstić information content (AvgIpc) is 2.69. The molecule has 6 heteroatoms. The zero-order valence-electron chi connectivity index (χ0n) is 11.2. The predicted octanol–water partition coefficient (Wildman–Crippen LogP) is 2.94. The molecule has 6 nitrogen and oxygen atoms in total. The maximum absolute atomic E-state index is 11.0. The lowest BCUT2D eigenvalue weighted by molar-refractivity contribution is -0.383. The molecule has 0 aliphatic rings. The molecule has 2 aromatic rings. The highest BCUT2D eigenvalue weighted by Gasteiger charge is 2.15. The van der Waals surface area contributed by atoms with Gasteiger partial charge in [0.2, 0.25) is 0 Å². The first-order chi connectivity index (χ1) is 9.01. The minimum atomic E-state index is -0.385. The Labute approximate surface area is 111 Å². The molecule has 1 aromatic carbocycles. The summed E-state index contributed by atoms with van der Waals surface area (Å²) in [6.07, 6.45) is 2.59. The minimum absolute atomic E-state index is 0.0662. The largest absolute Gasteiger partial charge is 0.347 e. The number of aryl methyl sites for hydroxylation is 3. The molecule has 0 amide bonds. The van der Waals surface area contributed by atoms with Gasteiger partial charge in [-0.15, -0.1) is 0 Å². The molecule has 100 valence electrons. The fourth-order valence-electron chi connectivity index (χ4n) is 1.95. The number of hydrogen-bond donors (Lipinski definition) is 1. The zero-order chi connectivity index (χ0) is 14.0. The van der Waals surface area contributed by atoms with Crippen LogP contribution in [0.3, 0.4) is 0 Å². The van der Waals surface area contributed by atoms with Gasteiger partial charge in [-0.3, -0.25) is 14.8 Å². The number of hydrogen-bond acceptors (Lipinski definition) is 4. The van der Waals surface area contributed by atoms with E-state index in [4.69, 9.17) is 0 Å². The van der Waals surface area contributed by atoms with E-state index in [2.05, 4.69) is 10.4 Å². The third kappa shape index (κ3) is 2.73. The number of anilines is 2. The van der Waals surface area contributed by atoms with Crippen LogP contribution in [-0.4, -0.2) is 14.7 Å². The molecule has 0 fully saturated rings. The van der Waals surface area contributed by atoms with Gasteiger partial charge < -0.3 is 5.32 Å². The van der Waals surface area contributed by atoms with E-state index in [1.165, 1.54) is 6.07 Å². The molecular formula is C13H16N4O2. The Bertz CT molecular complexity index is 619. The van der Waals surface area contributed by atoms with Crippen LogP contribution in [0.2, 0.25) is 0 Å². The van der Waals surface area contributed by atoms with E-state index in [0.717, 1.165) is 23.4 Å². The van der Waals surface area contributed by atoms with Crippen molar-refractivity contribution >= 4 is 17.1 Å². The van der Waals surface area contributed by atoms with E-state index in [1.54, 1.807) is 16.8 Å². The van der Waals surface area contributed by atoms with Gasteiger partial charge >= 0.3 is 0 Å². The van der Waals surface area contributed by atoms with Gasteiger partial charge in [-0.25, -0.2) is 0 Å². The smallest absolute Gasteiger partial charge is 0.292 e. The number of benzene rings is 1. The Morgan fingerprint density at radius 3 is 2.79 bits per heavy atom. The van der Waals surface area contributed by atoms with Crippen molar-refractivity contribution in [2.24, 2.45) is 7.05 Å². The standard InChI is InChI=1S/C13H16N4O2/c1-4-10-12(8-16(3)15-10)14-11-7-9(2)5-6-13(11)17(18)19/h5-8,14H,4H2,1-3H3. The summed E-state index contributed by atoms with van der Waals surface area (Å²) >= 11 is 0. The molecule has 0 saturated carbocycles. The van der Waals surface area contributed by atoms with Crippen LogP contribution in [0.5, 0.6) is 0 Å². The summed E-state index contributed by atoms with van der Waals surface area (Å²) in [5.74, 6) is 0. The van der Waals surface area contributed by atoms with Gasteiger partial charge in [0, 0.05) is 19.3 Å². The molecule has 19 heavy (non-hydrogen) atoms. The number of aromatic nitrogens is 2. The summed E-state index contributed by atoms with van der Waals surface area (Å²) in [5.41, 5.74) is 3.22. The summed E-state index contributed by atoms with van der Waals surface area (Å²) in [6.45, 7) is 3.90. The van der Waals surface area contributed by atoms with E-state index in [9.17, 15) is 10.1 Å². The lowest BCUT2D eigenvalue weighted by atomic mass is 10.2. The van der Waals surface area contributed by atoms with E-state index in [-0.39, 0.29) is 10.6 Å². The van der Waals surface area contributed by atoms with Gasteiger partial charge in [0.25, 0.3) is 5.69 Å². The molecule has 1 aromatic heterocycles. The van der Waals surface area contributed by atoms with Gasteiger partial charge in [0.05, 0.1) is 16.3 Å². The molecule has 0 unspecified atom stereocenters. The monoisotopic (exact) mass is 260 g/mol. The van der Waals surface area contributed by atoms with Crippen molar-refractivity contribution < 1.29 is 4.92 Å². The number of nitrogens with one attached hydrogen (secondary N) is 1. The molecular weight excluding hydrogens is 244 g/mol. The lowest BCUT2D eigenvalue weighted by Gasteiger charge is -2.07. The Hall–Kier alpha value is -2.37. The van der Waals surface area contributed by atoms with Crippen LogP contribution in [0, 0.1) is 17.0 Å².